The molecule has 9 heteroatoms. The van der Waals surface area contributed by atoms with Crippen molar-refractivity contribution in [1.82, 2.24) is 10.3 Å². The number of nitrogens with one attached hydrogen (secondary N) is 1. The first-order chi connectivity index (χ1) is 8.78. The molecule has 1 atom stereocenters. The number of carbonyl (C=O) groups excluding carboxylic acids is 1. The van der Waals surface area contributed by atoms with Gasteiger partial charge in [0.15, 0.2) is 6.61 Å². The average Bonchev–Trinajstić information content (AvgIpc) is 2.33. The van der Waals surface area contributed by atoms with Gasteiger partial charge in [-0.3, -0.25) is 4.79 Å². The van der Waals surface area contributed by atoms with Crippen molar-refractivity contribution in [1.29, 1.82) is 0 Å². The molecule has 20 heavy (non-hydrogen) atoms. The standard InChI is InChI=1S/C11H14F3N3O2.ClH/c1-7(15)10(18)17-5-8-2-3-16-9(4-8)19-6-11(12,13)14;/h2-4,7H,5-6,15H2,1H3,(H,17,18);1H. The third-order valence-electron chi connectivity index (χ3n) is 2.06. The van der Waals surface area contributed by atoms with Gasteiger partial charge < -0.3 is 15.8 Å². The zero-order valence-electron chi connectivity index (χ0n) is 10.6. The minimum absolute atomic E-state index is 0. The van der Waals surface area contributed by atoms with Crippen LogP contribution in [0.5, 0.6) is 5.88 Å². The smallest absolute Gasteiger partial charge is 0.422 e. The Labute approximate surface area is 120 Å². The molecule has 0 aliphatic carbocycles. The first-order valence-corrected chi connectivity index (χ1v) is 5.46. The van der Waals surface area contributed by atoms with Crippen LogP contribution in [0.1, 0.15) is 12.5 Å². The SMILES string of the molecule is CC(N)C(=O)NCc1ccnc(OCC(F)(F)F)c1.Cl. The summed E-state index contributed by atoms with van der Waals surface area (Å²) in [5, 5.41) is 2.53. The Morgan fingerprint density at radius 1 is 1.55 bits per heavy atom. The third-order valence-corrected chi connectivity index (χ3v) is 2.06. The highest BCUT2D eigenvalue weighted by molar-refractivity contribution is 5.85. The molecule has 1 unspecified atom stereocenters. The predicted octanol–water partition coefficient (Wildman–Crippen LogP) is 1.41. The number of pyridine rings is 1. The number of halogens is 4. The van der Waals surface area contributed by atoms with Gasteiger partial charge in [-0.15, -0.1) is 12.4 Å². The number of hydrogen-bond donors (Lipinski definition) is 2. The number of alkyl halides is 3. The van der Waals surface area contributed by atoms with Gasteiger partial charge in [0.25, 0.3) is 0 Å². The molecular weight excluding hydrogens is 299 g/mol. The lowest BCUT2D eigenvalue weighted by Crippen LogP contribution is -2.37. The van der Waals surface area contributed by atoms with Gasteiger partial charge in [-0.1, -0.05) is 0 Å². The van der Waals surface area contributed by atoms with Gasteiger partial charge in [-0.2, -0.15) is 13.2 Å². The van der Waals surface area contributed by atoms with Gasteiger partial charge >= 0.3 is 6.18 Å². The first kappa shape index (κ1) is 18.5. The van der Waals surface area contributed by atoms with Crippen molar-refractivity contribution in [3.05, 3.63) is 23.9 Å². The Kier molecular flexibility index (Phi) is 7.30. The Hall–Kier alpha value is -1.54. The molecular formula is C11H15ClF3N3O2. The monoisotopic (exact) mass is 313 g/mol. The number of aromatic nitrogens is 1. The van der Waals surface area contributed by atoms with Crippen molar-refractivity contribution in [3.63, 3.8) is 0 Å². The first-order valence-electron chi connectivity index (χ1n) is 5.46. The van der Waals surface area contributed by atoms with Crippen LogP contribution in [0.2, 0.25) is 0 Å². The van der Waals surface area contributed by atoms with Gasteiger partial charge in [0.2, 0.25) is 11.8 Å². The molecule has 1 amide bonds. The van der Waals surface area contributed by atoms with Gasteiger partial charge in [0, 0.05) is 18.8 Å². The van der Waals surface area contributed by atoms with Crippen molar-refractivity contribution < 1.29 is 22.7 Å². The number of nitrogens with two attached hydrogens (primary N) is 1. The average molecular weight is 314 g/mol. The van der Waals surface area contributed by atoms with Crippen LogP contribution in [-0.2, 0) is 11.3 Å². The van der Waals surface area contributed by atoms with Crippen molar-refractivity contribution in [2.75, 3.05) is 6.61 Å². The third kappa shape index (κ3) is 7.15. The molecule has 0 aromatic carbocycles. The van der Waals surface area contributed by atoms with E-state index in [1.165, 1.54) is 19.2 Å². The molecule has 1 aromatic heterocycles. The van der Waals surface area contributed by atoms with Crippen LogP contribution in [0.4, 0.5) is 13.2 Å². The molecule has 0 radical (unpaired) electrons. The second-order valence-corrected chi connectivity index (χ2v) is 3.91. The molecule has 0 aliphatic heterocycles. The summed E-state index contributed by atoms with van der Waals surface area (Å²) in [6.07, 6.45) is -3.11. The highest BCUT2D eigenvalue weighted by atomic mass is 35.5. The van der Waals surface area contributed by atoms with Gasteiger partial charge in [0.1, 0.15) is 0 Å². The molecule has 0 aliphatic rings. The van der Waals surface area contributed by atoms with Crippen LogP contribution in [0, 0.1) is 0 Å². The Bertz CT molecular complexity index is 441. The van der Waals surface area contributed by atoms with E-state index in [-0.39, 0.29) is 30.7 Å². The second kappa shape index (κ2) is 7.91. The number of hydrogen-bond acceptors (Lipinski definition) is 4. The summed E-state index contributed by atoms with van der Waals surface area (Å²) >= 11 is 0. The van der Waals surface area contributed by atoms with E-state index in [1.807, 2.05) is 0 Å². The van der Waals surface area contributed by atoms with Crippen molar-refractivity contribution in [2.24, 2.45) is 5.73 Å². The summed E-state index contributed by atoms with van der Waals surface area (Å²) in [6.45, 7) is 0.265. The van der Waals surface area contributed by atoms with Crippen LogP contribution < -0.4 is 15.8 Å². The maximum absolute atomic E-state index is 12.0. The zero-order valence-corrected chi connectivity index (χ0v) is 11.4. The van der Waals surface area contributed by atoms with Crippen molar-refractivity contribution in [3.8, 4) is 5.88 Å². The Balaban J connectivity index is 0.00000361. The summed E-state index contributed by atoms with van der Waals surface area (Å²) < 4.78 is 40.4. The fourth-order valence-corrected chi connectivity index (χ4v) is 1.15. The number of rotatable bonds is 5. The van der Waals surface area contributed by atoms with E-state index in [2.05, 4.69) is 15.0 Å². The number of carbonyl (C=O) groups is 1. The van der Waals surface area contributed by atoms with Crippen LogP contribution in [-0.4, -0.2) is 29.7 Å². The maximum atomic E-state index is 12.0. The molecule has 0 saturated carbocycles. The van der Waals surface area contributed by atoms with E-state index in [1.54, 1.807) is 6.07 Å². The molecule has 0 saturated heterocycles. The van der Waals surface area contributed by atoms with E-state index < -0.39 is 18.8 Å². The van der Waals surface area contributed by atoms with Crippen LogP contribution in [0.25, 0.3) is 0 Å². The van der Waals surface area contributed by atoms with Crippen LogP contribution in [0.3, 0.4) is 0 Å². The summed E-state index contributed by atoms with van der Waals surface area (Å²) in [7, 11) is 0. The number of ether oxygens (including phenoxy) is 1. The summed E-state index contributed by atoms with van der Waals surface area (Å²) in [5.41, 5.74) is 5.92. The fourth-order valence-electron chi connectivity index (χ4n) is 1.15. The number of nitrogens with zero attached hydrogens (tertiary/aromatic N) is 1. The molecule has 1 heterocycles. The van der Waals surface area contributed by atoms with Gasteiger partial charge in [-0.05, 0) is 18.6 Å². The molecule has 0 bridgehead atoms. The summed E-state index contributed by atoms with van der Waals surface area (Å²) in [5.74, 6) is -0.501. The van der Waals surface area contributed by atoms with Crippen molar-refractivity contribution >= 4 is 18.3 Å². The van der Waals surface area contributed by atoms with E-state index in [4.69, 9.17) is 5.73 Å². The lowest BCUT2D eigenvalue weighted by Gasteiger charge is -2.10. The van der Waals surface area contributed by atoms with E-state index in [0.717, 1.165) is 0 Å². The van der Waals surface area contributed by atoms with Gasteiger partial charge in [-0.25, -0.2) is 4.98 Å². The maximum Gasteiger partial charge on any atom is 0.422 e. The Morgan fingerprint density at radius 3 is 2.75 bits per heavy atom. The molecule has 5 nitrogen and oxygen atoms in total. The molecule has 0 fully saturated rings. The van der Waals surface area contributed by atoms with E-state index in [9.17, 15) is 18.0 Å². The predicted molar refractivity (Wildman–Crippen MR) is 68.5 cm³/mol. The molecule has 0 spiro atoms. The Morgan fingerprint density at radius 2 is 2.20 bits per heavy atom. The molecule has 3 N–H and O–H groups in total. The molecule has 114 valence electrons. The topological polar surface area (TPSA) is 77.2 Å². The quantitative estimate of drug-likeness (QED) is 0.861. The number of amides is 1. The van der Waals surface area contributed by atoms with Crippen LogP contribution >= 0.6 is 12.4 Å². The molecule has 1 aromatic rings. The van der Waals surface area contributed by atoms with Gasteiger partial charge in [0.05, 0.1) is 6.04 Å². The minimum Gasteiger partial charge on any atom is -0.468 e. The normalized spacial score (nSPS) is 12.2. The summed E-state index contributed by atoms with van der Waals surface area (Å²) in [6, 6.07) is 2.23. The largest absolute Gasteiger partial charge is 0.468 e. The second-order valence-electron chi connectivity index (χ2n) is 3.91. The lowest BCUT2D eigenvalue weighted by molar-refractivity contribution is -0.154. The van der Waals surface area contributed by atoms with E-state index in [0.29, 0.717) is 5.56 Å². The van der Waals surface area contributed by atoms with E-state index >= 15 is 0 Å². The van der Waals surface area contributed by atoms with Crippen molar-refractivity contribution in [2.45, 2.75) is 25.7 Å². The summed E-state index contributed by atoms with van der Waals surface area (Å²) in [4.78, 5) is 14.9. The minimum atomic E-state index is -4.42. The zero-order chi connectivity index (χ0) is 14.5. The fraction of sp³-hybridized carbons (Fsp3) is 0.455. The molecule has 1 rings (SSSR count). The highest BCUT2D eigenvalue weighted by Crippen LogP contribution is 2.17. The lowest BCUT2D eigenvalue weighted by atomic mass is 10.2. The highest BCUT2D eigenvalue weighted by Gasteiger charge is 2.28. The van der Waals surface area contributed by atoms with Crippen LogP contribution in [0.15, 0.2) is 18.3 Å².